The number of piperidine rings is 1. The Morgan fingerprint density at radius 3 is 3.06 bits per heavy atom. The van der Waals surface area contributed by atoms with Crippen LogP contribution in [-0.4, -0.2) is 16.7 Å². The SMILES string of the molecule is Cc1cc2cn[nH]c2cc1C1CCCCN1. The van der Waals surface area contributed by atoms with Crippen LogP contribution in [0.15, 0.2) is 18.3 Å². The van der Waals surface area contributed by atoms with Crippen molar-refractivity contribution in [2.75, 3.05) is 6.54 Å². The zero-order valence-corrected chi connectivity index (χ0v) is 9.59. The van der Waals surface area contributed by atoms with E-state index in [0.717, 1.165) is 12.1 Å². The van der Waals surface area contributed by atoms with Crippen molar-refractivity contribution in [3.63, 3.8) is 0 Å². The maximum absolute atomic E-state index is 4.08. The van der Waals surface area contributed by atoms with E-state index in [4.69, 9.17) is 0 Å². The fourth-order valence-electron chi connectivity index (χ4n) is 2.61. The van der Waals surface area contributed by atoms with Gasteiger partial charge in [0, 0.05) is 11.4 Å². The second kappa shape index (κ2) is 3.91. The number of nitrogens with zero attached hydrogens (tertiary/aromatic N) is 1. The fraction of sp³-hybridized carbons (Fsp3) is 0.462. The van der Waals surface area contributed by atoms with Gasteiger partial charge in [0.15, 0.2) is 0 Å². The average Bonchev–Trinajstić information content (AvgIpc) is 2.76. The molecule has 0 saturated carbocycles. The molecule has 0 bridgehead atoms. The molecular weight excluding hydrogens is 198 g/mol. The van der Waals surface area contributed by atoms with E-state index in [0.29, 0.717) is 6.04 Å². The number of aromatic nitrogens is 2. The Morgan fingerprint density at radius 1 is 1.31 bits per heavy atom. The predicted molar refractivity (Wildman–Crippen MR) is 65.4 cm³/mol. The predicted octanol–water partition coefficient (Wildman–Crippen LogP) is 2.69. The number of rotatable bonds is 1. The molecular formula is C13H17N3. The first kappa shape index (κ1) is 9.85. The molecule has 0 spiro atoms. The molecule has 2 heterocycles. The Morgan fingerprint density at radius 2 is 2.25 bits per heavy atom. The van der Waals surface area contributed by atoms with E-state index in [-0.39, 0.29) is 0 Å². The van der Waals surface area contributed by atoms with Crippen LogP contribution in [-0.2, 0) is 0 Å². The summed E-state index contributed by atoms with van der Waals surface area (Å²) >= 11 is 0. The van der Waals surface area contributed by atoms with Gasteiger partial charge in [0.05, 0.1) is 11.7 Å². The van der Waals surface area contributed by atoms with Gasteiger partial charge in [-0.25, -0.2) is 0 Å². The van der Waals surface area contributed by atoms with Crippen molar-refractivity contribution >= 4 is 10.9 Å². The maximum Gasteiger partial charge on any atom is 0.0653 e. The Hall–Kier alpha value is -1.35. The van der Waals surface area contributed by atoms with Crippen molar-refractivity contribution in [1.29, 1.82) is 0 Å². The lowest BCUT2D eigenvalue weighted by molar-refractivity contribution is 0.411. The first-order valence-electron chi connectivity index (χ1n) is 6.01. The number of aromatic amines is 1. The molecule has 0 aliphatic carbocycles. The van der Waals surface area contributed by atoms with E-state index in [2.05, 4.69) is 34.6 Å². The summed E-state index contributed by atoms with van der Waals surface area (Å²) in [5.41, 5.74) is 3.94. The van der Waals surface area contributed by atoms with Crippen molar-refractivity contribution in [3.05, 3.63) is 29.5 Å². The van der Waals surface area contributed by atoms with E-state index in [1.807, 2.05) is 6.20 Å². The third-order valence-corrected chi connectivity index (χ3v) is 3.51. The largest absolute Gasteiger partial charge is 0.310 e. The van der Waals surface area contributed by atoms with Crippen LogP contribution in [0.25, 0.3) is 10.9 Å². The van der Waals surface area contributed by atoms with Crippen molar-refractivity contribution in [3.8, 4) is 0 Å². The highest BCUT2D eigenvalue weighted by atomic mass is 15.1. The zero-order valence-electron chi connectivity index (χ0n) is 9.59. The lowest BCUT2D eigenvalue weighted by atomic mass is 9.93. The summed E-state index contributed by atoms with van der Waals surface area (Å²) in [6.07, 6.45) is 5.78. The van der Waals surface area contributed by atoms with Crippen LogP contribution in [0, 0.1) is 6.92 Å². The summed E-state index contributed by atoms with van der Waals surface area (Å²) in [5.74, 6) is 0. The number of hydrogen-bond donors (Lipinski definition) is 2. The van der Waals surface area contributed by atoms with Gasteiger partial charge in [-0.05, 0) is 49.6 Å². The minimum atomic E-state index is 0.529. The maximum atomic E-state index is 4.08. The van der Waals surface area contributed by atoms with Gasteiger partial charge in [-0.2, -0.15) is 5.10 Å². The van der Waals surface area contributed by atoms with Crippen LogP contribution < -0.4 is 5.32 Å². The van der Waals surface area contributed by atoms with Crippen molar-refractivity contribution in [2.45, 2.75) is 32.2 Å². The Kier molecular flexibility index (Phi) is 2.40. The fourth-order valence-corrected chi connectivity index (χ4v) is 2.61. The van der Waals surface area contributed by atoms with Crippen molar-refractivity contribution in [1.82, 2.24) is 15.5 Å². The smallest absolute Gasteiger partial charge is 0.0653 e. The molecule has 1 atom stereocenters. The molecule has 2 aromatic rings. The van der Waals surface area contributed by atoms with Gasteiger partial charge in [0.1, 0.15) is 0 Å². The van der Waals surface area contributed by atoms with Crippen LogP contribution >= 0.6 is 0 Å². The van der Waals surface area contributed by atoms with Gasteiger partial charge in [-0.3, -0.25) is 5.10 Å². The van der Waals surface area contributed by atoms with Crippen molar-refractivity contribution < 1.29 is 0 Å². The molecule has 3 heteroatoms. The van der Waals surface area contributed by atoms with Crippen LogP contribution in [0.3, 0.4) is 0 Å². The first-order chi connectivity index (χ1) is 7.84. The summed E-state index contributed by atoms with van der Waals surface area (Å²) in [6, 6.07) is 5.01. The Bertz CT molecular complexity index is 495. The Balaban J connectivity index is 2.03. The van der Waals surface area contributed by atoms with Gasteiger partial charge >= 0.3 is 0 Å². The molecule has 3 rings (SSSR count). The molecule has 0 amide bonds. The van der Waals surface area contributed by atoms with Crippen LogP contribution in [0.1, 0.15) is 36.4 Å². The summed E-state index contributed by atoms with van der Waals surface area (Å²) in [5, 5.41) is 11.9. The van der Waals surface area contributed by atoms with Crippen LogP contribution in [0.5, 0.6) is 0 Å². The molecule has 2 N–H and O–H groups in total. The van der Waals surface area contributed by atoms with E-state index in [1.54, 1.807) is 0 Å². The van der Waals surface area contributed by atoms with E-state index in [1.165, 1.54) is 35.8 Å². The molecule has 1 aliphatic heterocycles. The summed E-state index contributed by atoms with van der Waals surface area (Å²) in [6.45, 7) is 3.34. The molecule has 0 radical (unpaired) electrons. The summed E-state index contributed by atoms with van der Waals surface area (Å²) in [4.78, 5) is 0. The third kappa shape index (κ3) is 1.61. The lowest BCUT2D eigenvalue weighted by Gasteiger charge is -2.25. The van der Waals surface area contributed by atoms with Crippen LogP contribution in [0.2, 0.25) is 0 Å². The number of H-pyrrole nitrogens is 1. The number of nitrogens with one attached hydrogen (secondary N) is 2. The van der Waals surface area contributed by atoms with Gasteiger partial charge < -0.3 is 5.32 Å². The molecule has 1 unspecified atom stereocenters. The molecule has 1 aromatic carbocycles. The minimum Gasteiger partial charge on any atom is -0.310 e. The highest BCUT2D eigenvalue weighted by molar-refractivity contribution is 5.79. The van der Waals surface area contributed by atoms with Gasteiger partial charge in [0.25, 0.3) is 0 Å². The van der Waals surface area contributed by atoms with Gasteiger partial charge in [0.2, 0.25) is 0 Å². The normalized spacial score (nSPS) is 21.4. The van der Waals surface area contributed by atoms with Crippen LogP contribution in [0.4, 0.5) is 0 Å². The molecule has 84 valence electrons. The average molecular weight is 215 g/mol. The standard InChI is InChI=1S/C13H17N3/c1-9-6-10-8-15-16-13(10)7-11(9)12-4-2-3-5-14-12/h6-8,12,14H,2-5H2,1H3,(H,15,16). The topological polar surface area (TPSA) is 40.7 Å². The second-order valence-electron chi connectivity index (χ2n) is 4.67. The summed E-state index contributed by atoms with van der Waals surface area (Å²) < 4.78 is 0. The highest BCUT2D eigenvalue weighted by Gasteiger charge is 2.17. The second-order valence-corrected chi connectivity index (χ2v) is 4.67. The van der Waals surface area contributed by atoms with Gasteiger partial charge in [-0.1, -0.05) is 6.42 Å². The zero-order chi connectivity index (χ0) is 11.0. The molecule has 1 aromatic heterocycles. The number of hydrogen-bond acceptors (Lipinski definition) is 2. The molecule has 1 fully saturated rings. The van der Waals surface area contributed by atoms with Crippen molar-refractivity contribution in [2.24, 2.45) is 0 Å². The molecule has 3 nitrogen and oxygen atoms in total. The number of fused-ring (bicyclic) bond motifs is 1. The van der Waals surface area contributed by atoms with Gasteiger partial charge in [-0.15, -0.1) is 0 Å². The molecule has 1 saturated heterocycles. The minimum absolute atomic E-state index is 0.529. The van der Waals surface area contributed by atoms with E-state index in [9.17, 15) is 0 Å². The number of benzene rings is 1. The first-order valence-corrected chi connectivity index (χ1v) is 6.01. The quantitative estimate of drug-likeness (QED) is 0.768. The monoisotopic (exact) mass is 215 g/mol. The third-order valence-electron chi connectivity index (χ3n) is 3.51. The van der Waals surface area contributed by atoms with E-state index >= 15 is 0 Å². The number of aryl methyl sites for hydroxylation is 1. The lowest BCUT2D eigenvalue weighted by Crippen LogP contribution is -2.27. The summed E-state index contributed by atoms with van der Waals surface area (Å²) in [7, 11) is 0. The molecule has 1 aliphatic rings. The highest BCUT2D eigenvalue weighted by Crippen LogP contribution is 2.28. The molecule has 16 heavy (non-hydrogen) atoms. The Labute approximate surface area is 95.2 Å². The van der Waals surface area contributed by atoms with E-state index < -0.39 is 0 Å².